The van der Waals surface area contributed by atoms with Crippen LogP contribution in [-0.2, 0) is 4.79 Å². The van der Waals surface area contributed by atoms with Gasteiger partial charge in [0.25, 0.3) is 0 Å². The molecule has 0 spiro atoms. The molecule has 3 heteroatoms. The molecule has 0 saturated carbocycles. The maximum absolute atomic E-state index is 10.9. The fourth-order valence-electron chi connectivity index (χ4n) is 1.41. The number of hydrogen-bond donors (Lipinski definition) is 1. The predicted molar refractivity (Wildman–Crippen MR) is 50.5 cm³/mol. The maximum Gasteiger partial charge on any atom is 0.246 e. The number of benzene rings is 1. The standard InChI is InChI=1S/C10H10N2O/c1-7-4-2-3-5-8(7)9-6-10(13)12-11-9/h2-5H,6H2,1H3,(H,12,13). The fraction of sp³-hybridized carbons (Fsp3) is 0.200. The topological polar surface area (TPSA) is 41.5 Å². The van der Waals surface area contributed by atoms with Crippen LogP contribution in [0.3, 0.4) is 0 Å². The largest absolute Gasteiger partial charge is 0.273 e. The first-order valence-electron chi connectivity index (χ1n) is 4.19. The molecule has 0 aromatic heterocycles. The van der Waals surface area contributed by atoms with E-state index in [1.165, 1.54) is 0 Å². The van der Waals surface area contributed by atoms with E-state index in [0.717, 1.165) is 16.8 Å². The van der Waals surface area contributed by atoms with Crippen molar-refractivity contribution in [1.29, 1.82) is 0 Å². The van der Waals surface area contributed by atoms with Crippen LogP contribution in [0, 0.1) is 6.92 Å². The number of nitrogens with one attached hydrogen (secondary N) is 1. The highest BCUT2D eigenvalue weighted by Crippen LogP contribution is 2.12. The molecule has 13 heavy (non-hydrogen) atoms. The van der Waals surface area contributed by atoms with Gasteiger partial charge in [-0.1, -0.05) is 24.3 Å². The molecule has 66 valence electrons. The molecule has 3 nitrogen and oxygen atoms in total. The van der Waals surface area contributed by atoms with Crippen molar-refractivity contribution in [3.05, 3.63) is 35.4 Å². The van der Waals surface area contributed by atoms with Gasteiger partial charge in [-0.05, 0) is 12.5 Å². The SMILES string of the molecule is Cc1ccccc1C1=NNC(=O)C1. The molecule has 0 unspecified atom stereocenters. The van der Waals surface area contributed by atoms with E-state index in [4.69, 9.17) is 0 Å². The van der Waals surface area contributed by atoms with Crippen molar-refractivity contribution < 1.29 is 4.79 Å². The van der Waals surface area contributed by atoms with Crippen LogP contribution in [0.4, 0.5) is 0 Å². The van der Waals surface area contributed by atoms with Crippen LogP contribution in [0.2, 0.25) is 0 Å². The minimum atomic E-state index is -0.0294. The Morgan fingerprint density at radius 1 is 1.38 bits per heavy atom. The van der Waals surface area contributed by atoms with Gasteiger partial charge in [-0.25, -0.2) is 5.43 Å². The summed E-state index contributed by atoms with van der Waals surface area (Å²) in [6.07, 6.45) is 0.394. The number of carbonyl (C=O) groups is 1. The van der Waals surface area contributed by atoms with E-state index in [9.17, 15) is 4.79 Å². The molecule has 1 amide bonds. The van der Waals surface area contributed by atoms with Gasteiger partial charge in [-0.2, -0.15) is 5.10 Å². The van der Waals surface area contributed by atoms with E-state index in [2.05, 4.69) is 10.5 Å². The second kappa shape index (κ2) is 3.01. The third-order valence-corrected chi connectivity index (χ3v) is 2.10. The molecule has 0 radical (unpaired) electrons. The molecule has 0 atom stereocenters. The molecule has 0 fully saturated rings. The summed E-state index contributed by atoms with van der Waals surface area (Å²) in [5.41, 5.74) is 5.49. The van der Waals surface area contributed by atoms with Gasteiger partial charge in [0.1, 0.15) is 0 Å². The lowest BCUT2D eigenvalue weighted by atomic mass is 10.0. The average Bonchev–Trinajstić information content (AvgIpc) is 2.53. The van der Waals surface area contributed by atoms with Crippen molar-refractivity contribution in [3.63, 3.8) is 0 Å². The van der Waals surface area contributed by atoms with Crippen molar-refractivity contribution in [2.75, 3.05) is 0 Å². The van der Waals surface area contributed by atoms with Gasteiger partial charge >= 0.3 is 0 Å². The lowest BCUT2D eigenvalue weighted by Crippen LogP contribution is -2.09. The molecular formula is C10H10N2O. The number of hydrazone groups is 1. The van der Waals surface area contributed by atoms with Crippen molar-refractivity contribution in [1.82, 2.24) is 5.43 Å². The summed E-state index contributed by atoms with van der Waals surface area (Å²) in [5, 5.41) is 3.96. The van der Waals surface area contributed by atoms with Crippen LogP contribution in [0.1, 0.15) is 17.5 Å². The number of carbonyl (C=O) groups excluding carboxylic acids is 1. The van der Waals surface area contributed by atoms with Gasteiger partial charge < -0.3 is 0 Å². The zero-order valence-corrected chi connectivity index (χ0v) is 7.37. The Balaban J connectivity index is 2.37. The second-order valence-corrected chi connectivity index (χ2v) is 3.09. The smallest absolute Gasteiger partial charge is 0.246 e. The van der Waals surface area contributed by atoms with E-state index < -0.39 is 0 Å². The first-order chi connectivity index (χ1) is 6.27. The highest BCUT2D eigenvalue weighted by Gasteiger charge is 2.16. The van der Waals surface area contributed by atoms with Gasteiger partial charge in [-0.15, -0.1) is 0 Å². The summed E-state index contributed by atoms with van der Waals surface area (Å²) in [6.45, 7) is 2.01. The van der Waals surface area contributed by atoms with Crippen molar-refractivity contribution in [2.24, 2.45) is 5.10 Å². The Kier molecular flexibility index (Phi) is 1.85. The molecule has 0 aliphatic carbocycles. The lowest BCUT2D eigenvalue weighted by molar-refractivity contribution is -0.119. The summed E-state index contributed by atoms with van der Waals surface area (Å²) >= 11 is 0. The first-order valence-corrected chi connectivity index (χ1v) is 4.19. The highest BCUT2D eigenvalue weighted by molar-refractivity contribution is 6.14. The Morgan fingerprint density at radius 3 is 2.77 bits per heavy atom. The molecule has 1 aliphatic rings. The molecular weight excluding hydrogens is 164 g/mol. The maximum atomic E-state index is 10.9. The second-order valence-electron chi connectivity index (χ2n) is 3.09. The van der Waals surface area contributed by atoms with Crippen LogP contribution in [-0.4, -0.2) is 11.6 Å². The first kappa shape index (κ1) is 7.98. The summed E-state index contributed by atoms with van der Waals surface area (Å²) in [6, 6.07) is 7.92. The molecule has 0 saturated heterocycles. The van der Waals surface area contributed by atoms with Crippen LogP contribution >= 0.6 is 0 Å². The predicted octanol–water partition coefficient (Wildman–Crippen LogP) is 1.22. The Labute approximate surface area is 76.5 Å². The van der Waals surface area contributed by atoms with Gasteiger partial charge in [0.2, 0.25) is 5.91 Å². The zero-order valence-electron chi connectivity index (χ0n) is 7.37. The fourth-order valence-corrected chi connectivity index (χ4v) is 1.41. The molecule has 1 aromatic carbocycles. The van der Waals surface area contributed by atoms with Gasteiger partial charge in [0.05, 0.1) is 12.1 Å². The molecule has 2 rings (SSSR count). The number of nitrogens with zero attached hydrogens (tertiary/aromatic N) is 1. The molecule has 1 N–H and O–H groups in total. The summed E-state index contributed by atoms with van der Waals surface area (Å²) < 4.78 is 0. The Bertz CT molecular complexity index is 382. The molecule has 1 aliphatic heterocycles. The zero-order chi connectivity index (χ0) is 9.26. The number of rotatable bonds is 1. The quantitative estimate of drug-likeness (QED) is 0.683. The van der Waals surface area contributed by atoms with E-state index in [1.807, 2.05) is 31.2 Å². The minimum absolute atomic E-state index is 0.0294. The summed E-state index contributed by atoms with van der Waals surface area (Å²) in [7, 11) is 0. The van der Waals surface area contributed by atoms with Crippen LogP contribution in [0.25, 0.3) is 0 Å². The van der Waals surface area contributed by atoms with Crippen molar-refractivity contribution in [2.45, 2.75) is 13.3 Å². The normalized spacial score (nSPS) is 15.5. The average molecular weight is 174 g/mol. The molecule has 1 heterocycles. The number of amides is 1. The van der Waals surface area contributed by atoms with Gasteiger partial charge in [0.15, 0.2) is 0 Å². The van der Waals surface area contributed by atoms with Crippen LogP contribution in [0.5, 0.6) is 0 Å². The summed E-state index contributed by atoms with van der Waals surface area (Å²) in [4.78, 5) is 10.9. The van der Waals surface area contributed by atoms with Crippen molar-refractivity contribution in [3.8, 4) is 0 Å². The van der Waals surface area contributed by atoms with E-state index in [1.54, 1.807) is 0 Å². The third-order valence-electron chi connectivity index (χ3n) is 2.10. The summed E-state index contributed by atoms with van der Waals surface area (Å²) in [5.74, 6) is -0.0294. The number of aryl methyl sites for hydroxylation is 1. The highest BCUT2D eigenvalue weighted by atomic mass is 16.2. The molecule has 0 bridgehead atoms. The lowest BCUT2D eigenvalue weighted by Gasteiger charge is -2.01. The van der Waals surface area contributed by atoms with Crippen LogP contribution < -0.4 is 5.43 Å². The number of hydrogen-bond acceptors (Lipinski definition) is 2. The van der Waals surface area contributed by atoms with Gasteiger partial charge in [0, 0.05) is 5.56 Å². The van der Waals surface area contributed by atoms with Gasteiger partial charge in [-0.3, -0.25) is 4.79 Å². The van der Waals surface area contributed by atoms with Crippen LogP contribution in [0.15, 0.2) is 29.4 Å². The van der Waals surface area contributed by atoms with Crippen molar-refractivity contribution >= 4 is 11.6 Å². The molecule has 1 aromatic rings. The van der Waals surface area contributed by atoms with E-state index in [-0.39, 0.29) is 5.91 Å². The Hall–Kier alpha value is -1.64. The Morgan fingerprint density at radius 2 is 2.15 bits per heavy atom. The monoisotopic (exact) mass is 174 g/mol. The third kappa shape index (κ3) is 1.45. The van der Waals surface area contributed by atoms with E-state index >= 15 is 0 Å². The van der Waals surface area contributed by atoms with E-state index in [0.29, 0.717) is 6.42 Å². The minimum Gasteiger partial charge on any atom is -0.273 e.